The molecule has 0 aliphatic heterocycles. The first kappa shape index (κ1) is 17.3. The van der Waals surface area contributed by atoms with Crippen LogP contribution in [0.1, 0.15) is 38.8 Å². The first-order valence-electron chi connectivity index (χ1n) is 6.76. The second kappa shape index (κ2) is 6.37. The van der Waals surface area contributed by atoms with E-state index in [1.54, 1.807) is 6.07 Å². The lowest BCUT2D eigenvalue weighted by molar-refractivity contribution is -0.137. The molecule has 3 nitrogen and oxygen atoms in total. The number of nitrogens with zero attached hydrogens (tertiary/aromatic N) is 1. The molecule has 0 radical (unpaired) electrons. The topological polar surface area (TPSA) is 50.4 Å². The monoisotopic (exact) mass is 301 g/mol. The quantitative estimate of drug-likeness (QED) is 0.662. The molecule has 1 aromatic carbocycles. The van der Waals surface area contributed by atoms with Gasteiger partial charge in [0.1, 0.15) is 0 Å². The number of aliphatic imine (C=N–C) groups is 1. The fourth-order valence-electron chi connectivity index (χ4n) is 1.83. The minimum atomic E-state index is -4.34. The summed E-state index contributed by atoms with van der Waals surface area (Å²) in [5.41, 5.74) is 5.11. The van der Waals surface area contributed by atoms with Crippen molar-refractivity contribution >= 4 is 5.96 Å². The van der Waals surface area contributed by atoms with Crippen LogP contribution < -0.4 is 11.1 Å². The van der Waals surface area contributed by atoms with Gasteiger partial charge in [0.15, 0.2) is 5.96 Å². The van der Waals surface area contributed by atoms with Gasteiger partial charge in [0.05, 0.1) is 12.1 Å². The van der Waals surface area contributed by atoms with E-state index in [-0.39, 0.29) is 6.04 Å². The minimum Gasteiger partial charge on any atom is -0.370 e. The predicted molar refractivity (Wildman–Crippen MR) is 79.2 cm³/mol. The number of rotatable bonds is 4. The van der Waals surface area contributed by atoms with Crippen LogP contribution in [0.5, 0.6) is 0 Å². The van der Waals surface area contributed by atoms with Gasteiger partial charge in [-0.25, -0.2) is 0 Å². The molecule has 0 aliphatic rings. The van der Waals surface area contributed by atoms with E-state index in [0.29, 0.717) is 18.1 Å². The molecule has 0 fully saturated rings. The number of nitrogens with one attached hydrogen (secondary N) is 1. The van der Waals surface area contributed by atoms with Crippen molar-refractivity contribution in [3.05, 3.63) is 35.4 Å². The van der Waals surface area contributed by atoms with Crippen molar-refractivity contribution in [1.29, 1.82) is 0 Å². The van der Waals surface area contributed by atoms with E-state index < -0.39 is 17.2 Å². The van der Waals surface area contributed by atoms with Crippen molar-refractivity contribution < 1.29 is 13.2 Å². The summed E-state index contributed by atoms with van der Waals surface area (Å²) in [6, 6.07) is 5.49. The zero-order valence-corrected chi connectivity index (χ0v) is 12.8. The van der Waals surface area contributed by atoms with Crippen molar-refractivity contribution in [3.63, 3.8) is 0 Å². The third-order valence-electron chi connectivity index (χ3n) is 3.05. The van der Waals surface area contributed by atoms with Gasteiger partial charge in [0.2, 0.25) is 0 Å². The van der Waals surface area contributed by atoms with Gasteiger partial charge < -0.3 is 11.1 Å². The molecule has 0 saturated heterocycles. The molecule has 0 saturated carbocycles. The molecule has 3 N–H and O–H groups in total. The van der Waals surface area contributed by atoms with Crippen molar-refractivity contribution in [3.8, 4) is 0 Å². The number of nitrogens with two attached hydrogens (primary N) is 1. The summed E-state index contributed by atoms with van der Waals surface area (Å²) in [5, 5.41) is 2.95. The van der Waals surface area contributed by atoms with E-state index >= 15 is 0 Å². The third kappa shape index (κ3) is 5.28. The van der Waals surface area contributed by atoms with Crippen molar-refractivity contribution in [2.75, 3.05) is 6.54 Å². The summed E-state index contributed by atoms with van der Waals surface area (Å²) in [6.07, 6.45) is -4.34. The number of hydrogen-bond donors (Lipinski definition) is 2. The average molecular weight is 301 g/mol. The van der Waals surface area contributed by atoms with E-state index in [2.05, 4.69) is 10.3 Å². The van der Waals surface area contributed by atoms with E-state index in [1.165, 1.54) is 12.1 Å². The second-order valence-corrected chi connectivity index (χ2v) is 5.96. The zero-order valence-electron chi connectivity index (χ0n) is 12.8. The number of halogens is 3. The highest BCUT2D eigenvalue weighted by atomic mass is 19.4. The highest BCUT2D eigenvalue weighted by Gasteiger charge is 2.32. The fourth-order valence-corrected chi connectivity index (χ4v) is 1.83. The summed E-state index contributed by atoms with van der Waals surface area (Å²) in [6.45, 7) is 7.85. The number of guanidine groups is 1. The molecule has 1 aromatic rings. The largest absolute Gasteiger partial charge is 0.416 e. The van der Waals surface area contributed by atoms with Crippen LogP contribution in [0.3, 0.4) is 0 Å². The molecule has 0 heterocycles. The second-order valence-electron chi connectivity index (χ2n) is 5.96. The maximum Gasteiger partial charge on any atom is 0.416 e. The standard InChI is InChI=1S/C15H22F3N3/c1-10(2)21-13(19)20-9-14(3,4)11-6-5-7-12(8-11)15(16,17)18/h5-8,10H,9H2,1-4H3,(H3,19,20,21). The van der Waals surface area contributed by atoms with Crippen LogP contribution in [0.15, 0.2) is 29.3 Å². The molecule has 118 valence electrons. The smallest absolute Gasteiger partial charge is 0.370 e. The van der Waals surface area contributed by atoms with Crippen LogP contribution in [0, 0.1) is 0 Å². The summed E-state index contributed by atoms with van der Waals surface area (Å²) in [7, 11) is 0. The molecular weight excluding hydrogens is 279 g/mol. The van der Waals surface area contributed by atoms with E-state index in [9.17, 15) is 13.2 Å². The Morgan fingerprint density at radius 1 is 1.24 bits per heavy atom. The Hall–Kier alpha value is -1.72. The van der Waals surface area contributed by atoms with Crippen LogP contribution in [0.25, 0.3) is 0 Å². The van der Waals surface area contributed by atoms with Gasteiger partial charge in [-0.1, -0.05) is 32.0 Å². The normalized spacial score (nSPS) is 13.6. The van der Waals surface area contributed by atoms with E-state index in [4.69, 9.17) is 5.73 Å². The minimum absolute atomic E-state index is 0.158. The van der Waals surface area contributed by atoms with Gasteiger partial charge in [0, 0.05) is 11.5 Å². The summed E-state index contributed by atoms with van der Waals surface area (Å²) >= 11 is 0. The lowest BCUT2D eigenvalue weighted by atomic mass is 9.84. The average Bonchev–Trinajstić information content (AvgIpc) is 2.35. The van der Waals surface area contributed by atoms with Crippen molar-refractivity contribution in [2.45, 2.75) is 45.3 Å². The summed E-state index contributed by atoms with van der Waals surface area (Å²) in [5.74, 6) is 0.296. The lowest BCUT2D eigenvalue weighted by Crippen LogP contribution is -2.38. The van der Waals surface area contributed by atoms with Crippen LogP contribution in [-0.2, 0) is 11.6 Å². The van der Waals surface area contributed by atoms with E-state index in [0.717, 1.165) is 6.07 Å². The first-order chi connectivity index (χ1) is 9.52. The molecule has 0 unspecified atom stereocenters. The highest BCUT2D eigenvalue weighted by Crippen LogP contribution is 2.32. The highest BCUT2D eigenvalue weighted by molar-refractivity contribution is 5.78. The molecule has 0 amide bonds. The SMILES string of the molecule is CC(C)NC(N)=NCC(C)(C)c1cccc(C(F)(F)F)c1. The zero-order chi connectivity index (χ0) is 16.3. The van der Waals surface area contributed by atoms with Crippen LogP contribution in [-0.4, -0.2) is 18.5 Å². The Bertz CT molecular complexity index is 505. The van der Waals surface area contributed by atoms with Crippen molar-refractivity contribution in [2.24, 2.45) is 10.7 Å². The Morgan fingerprint density at radius 2 is 1.81 bits per heavy atom. The fraction of sp³-hybridized carbons (Fsp3) is 0.533. The molecule has 0 atom stereocenters. The molecular formula is C15H22F3N3. The van der Waals surface area contributed by atoms with Crippen LogP contribution >= 0.6 is 0 Å². The van der Waals surface area contributed by atoms with Gasteiger partial charge in [-0.2, -0.15) is 13.2 Å². The van der Waals surface area contributed by atoms with E-state index in [1.807, 2.05) is 27.7 Å². The third-order valence-corrected chi connectivity index (χ3v) is 3.05. The van der Waals surface area contributed by atoms with Gasteiger partial charge >= 0.3 is 6.18 Å². The molecule has 21 heavy (non-hydrogen) atoms. The molecule has 6 heteroatoms. The Balaban J connectivity index is 2.93. The number of benzene rings is 1. The number of alkyl halides is 3. The Morgan fingerprint density at radius 3 is 2.33 bits per heavy atom. The van der Waals surface area contributed by atoms with Gasteiger partial charge in [-0.3, -0.25) is 4.99 Å². The van der Waals surface area contributed by atoms with Crippen LogP contribution in [0.2, 0.25) is 0 Å². The molecule has 0 aliphatic carbocycles. The van der Waals surface area contributed by atoms with Gasteiger partial charge in [-0.05, 0) is 25.5 Å². The molecule has 0 spiro atoms. The summed E-state index contributed by atoms with van der Waals surface area (Å²) in [4.78, 5) is 4.21. The molecule has 1 rings (SSSR count). The number of hydrogen-bond acceptors (Lipinski definition) is 1. The molecule has 0 bridgehead atoms. The van der Waals surface area contributed by atoms with Crippen molar-refractivity contribution in [1.82, 2.24) is 5.32 Å². The first-order valence-corrected chi connectivity index (χ1v) is 6.76. The Kier molecular flexibility index (Phi) is 5.25. The maximum atomic E-state index is 12.8. The lowest BCUT2D eigenvalue weighted by Gasteiger charge is -2.24. The van der Waals surface area contributed by atoms with Crippen LogP contribution in [0.4, 0.5) is 13.2 Å². The predicted octanol–water partition coefficient (Wildman–Crippen LogP) is 3.30. The Labute approximate surface area is 123 Å². The summed E-state index contributed by atoms with van der Waals surface area (Å²) < 4.78 is 38.3. The maximum absolute atomic E-state index is 12.8. The van der Waals surface area contributed by atoms with Gasteiger partial charge in [0.25, 0.3) is 0 Å². The van der Waals surface area contributed by atoms with Gasteiger partial charge in [-0.15, -0.1) is 0 Å². The molecule has 0 aromatic heterocycles.